The topological polar surface area (TPSA) is 52.0 Å². The molecule has 0 unspecified atom stereocenters. The van der Waals surface area contributed by atoms with E-state index in [1.807, 2.05) is 0 Å². The van der Waals surface area contributed by atoms with Crippen LogP contribution in [0, 0.1) is 0 Å². The second-order valence-corrected chi connectivity index (χ2v) is 12.5. The molecule has 0 aromatic heterocycles. The first-order valence-corrected chi connectivity index (χ1v) is 15.9. The molecule has 0 rings (SSSR count). The smallest absolute Gasteiger partial charge is 0.0708 e. The maximum atomic E-state index is 4.66. The zero-order valence-electron chi connectivity index (χ0n) is 18.9. The van der Waals surface area contributed by atoms with Crippen molar-refractivity contribution in [3.05, 3.63) is 0 Å². The summed E-state index contributed by atoms with van der Waals surface area (Å²) in [6, 6.07) is 0. The van der Waals surface area contributed by atoms with Crippen molar-refractivity contribution in [2.75, 3.05) is 0 Å². The molecule has 0 aliphatic heterocycles. The normalized spacial score (nSPS) is 9.59. The van der Waals surface area contributed by atoms with Gasteiger partial charge in [-0.2, -0.15) is 0 Å². The van der Waals surface area contributed by atoms with Crippen LogP contribution in [-0.2, 0) is 43.8 Å². The number of thiocarbonyl (C=S) groups is 2. The van der Waals surface area contributed by atoms with Crippen LogP contribution in [0.2, 0.25) is 9.62 Å². The number of nitrogens with two attached hydrogens (primary N) is 2. The Bertz CT molecular complexity index is 294. The molecule has 0 aromatic carbocycles. The van der Waals surface area contributed by atoms with Crippen molar-refractivity contribution in [2.45, 2.75) is 126 Å². The van der Waals surface area contributed by atoms with Gasteiger partial charge in [-0.1, -0.05) is 8.64 Å². The Kier molecular flexibility index (Phi) is 39.9. The molecule has 7 heteroatoms. The van der Waals surface area contributed by atoms with E-state index in [-0.39, 0.29) is 8.64 Å². The molecule has 0 radical (unpaired) electrons. The van der Waals surface area contributed by atoms with E-state index >= 15 is 0 Å². The van der Waals surface area contributed by atoms with E-state index in [1.165, 1.54) is 89.9 Å². The number of rotatable bonds is 18. The van der Waals surface area contributed by atoms with Crippen LogP contribution < -0.4 is 11.5 Å². The van der Waals surface area contributed by atoms with Crippen molar-refractivity contribution in [2.24, 2.45) is 11.5 Å². The van der Waals surface area contributed by atoms with Gasteiger partial charge in [0.15, 0.2) is 0 Å². The molecule has 0 heterocycles. The summed E-state index contributed by atoms with van der Waals surface area (Å²) in [5, 5.41) is 0. The van der Waals surface area contributed by atoms with E-state index < -0.39 is 0 Å². The summed E-state index contributed by atoms with van der Waals surface area (Å²) in [4.78, 5) is 3.24. The van der Waals surface area contributed by atoms with Crippen LogP contribution >= 0.6 is 24.4 Å². The second kappa shape index (κ2) is 33.5. The molecule has 29 heavy (non-hydrogen) atoms. The minimum absolute atomic E-state index is 0.0833. The quantitative estimate of drug-likeness (QED) is 0.0771. The zero-order chi connectivity index (χ0) is 22.6. The molecule has 174 valence electrons. The van der Waals surface area contributed by atoms with Gasteiger partial charge < -0.3 is 61.2 Å². The molecule has 4 N–H and O–H groups in total. The minimum Gasteiger partial charge on any atom is -0.415 e. The Labute approximate surface area is 213 Å². The monoisotopic (exact) mass is 564 g/mol. The molecule has 0 fully saturated rings. The molecule has 2 nitrogen and oxygen atoms in total. The van der Waals surface area contributed by atoms with E-state index in [1.54, 1.807) is 22.5 Å². The Hall–Kier alpha value is 0.908. The van der Waals surface area contributed by atoms with E-state index in [2.05, 4.69) is 75.0 Å². The van der Waals surface area contributed by atoms with Crippen LogP contribution in [0.5, 0.6) is 0 Å². The molecule has 0 amide bonds. The SMILES string of the molecule is CCCCCCCCC[CH2][Mo+2][CH2]CCCCCCCCC.NC(=S)[S-].NC(=S)[S-]. The second-order valence-electron chi connectivity index (χ2n) is 7.20. The van der Waals surface area contributed by atoms with Gasteiger partial charge >= 0.3 is 145 Å². The summed E-state index contributed by atoms with van der Waals surface area (Å²) in [7, 11) is 0. The predicted molar refractivity (Wildman–Crippen MR) is 143 cm³/mol. The van der Waals surface area contributed by atoms with Crippen LogP contribution in [0.3, 0.4) is 0 Å². The Balaban J connectivity index is -0.000000712. The van der Waals surface area contributed by atoms with Crippen molar-refractivity contribution in [3.8, 4) is 0 Å². The third-order valence-corrected chi connectivity index (χ3v) is 7.12. The van der Waals surface area contributed by atoms with E-state index in [0.717, 1.165) is 0 Å². The van der Waals surface area contributed by atoms with Gasteiger partial charge in [0, 0.05) is 0 Å². The first-order chi connectivity index (χ1) is 13.9. The van der Waals surface area contributed by atoms with Gasteiger partial charge in [-0.3, -0.25) is 0 Å². The first-order valence-electron chi connectivity index (χ1n) is 11.4. The summed E-state index contributed by atoms with van der Waals surface area (Å²) in [6.45, 7) is 4.60. The number of unbranched alkanes of at least 4 members (excludes halogenated alkanes) is 14. The summed E-state index contributed by atoms with van der Waals surface area (Å²) < 4.78 is 0.167. The molecule has 0 atom stereocenters. The van der Waals surface area contributed by atoms with Gasteiger partial charge in [-0.25, -0.2) is 0 Å². The molecule has 0 bridgehead atoms. The molecule has 0 saturated carbocycles. The third-order valence-electron chi connectivity index (χ3n) is 4.28. The van der Waals surface area contributed by atoms with Crippen LogP contribution in [0.15, 0.2) is 0 Å². The largest absolute Gasteiger partial charge is 0.415 e. The van der Waals surface area contributed by atoms with Crippen molar-refractivity contribution < 1.29 is 18.6 Å². The van der Waals surface area contributed by atoms with Crippen molar-refractivity contribution >= 4 is 58.3 Å². The summed E-state index contributed by atoms with van der Waals surface area (Å²) in [6.07, 6.45) is 23.7. The third kappa shape index (κ3) is 58.5. The van der Waals surface area contributed by atoms with E-state index in [4.69, 9.17) is 0 Å². The Morgan fingerprint density at radius 1 is 0.552 bits per heavy atom. The molecule has 0 aliphatic carbocycles. The predicted octanol–water partition coefficient (Wildman–Crippen LogP) is 7.74. The van der Waals surface area contributed by atoms with Gasteiger partial charge in [0.05, 0.1) is 0 Å². The minimum atomic E-state index is 0.0833. The molecular weight excluding hydrogens is 516 g/mol. The van der Waals surface area contributed by atoms with Crippen molar-refractivity contribution in [1.29, 1.82) is 0 Å². The van der Waals surface area contributed by atoms with Gasteiger partial charge in [-0.15, -0.1) is 0 Å². The Morgan fingerprint density at radius 2 is 0.759 bits per heavy atom. The van der Waals surface area contributed by atoms with Gasteiger partial charge in [0.2, 0.25) is 0 Å². The van der Waals surface area contributed by atoms with Gasteiger partial charge in [-0.05, 0) is 0 Å². The average Bonchev–Trinajstić information content (AvgIpc) is 2.63. The number of hydrogen-bond donors (Lipinski definition) is 2. The van der Waals surface area contributed by atoms with E-state index in [0.29, 0.717) is 18.6 Å². The van der Waals surface area contributed by atoms with Gasteiger partial charge in [0.25, 0.3) is 0 Å². The standard InChI is InChI=1S/2C10H21.2CH3NS2.Mo/c2*1-3-5-7-9-10-8-6-4-2;2*2-1(3)4;/h2*1,3-10H2,2H3;2*(H3,2,3,4);/q;;;;+2/p-2. The molecule has 0 saturated heterocycles. The van der Waals surface area contributed by atoms with Crippen LogP contribution in [0.25, 0.3) is 0 Å². The average molecular weight is 563 g/mol. The van der Waals surface area contributed by atoms with Gasteiger partial charge in [0.1, 0.15) is 0 Å². The fourth-order valence-electron chi connectivity index (χ4n) is 2.78. The fraction of sp³-hybridized carbons (Fsp3) is 0.909. The van der Waals surface area contributed by atoms with Crippen LogP contribution in [0.1, 0.15) is 117 Å². The zero-order valence-corrected chi connectivity index (χ0v) is 24.2. The molecule has 0 spiro atoms. The summed E-state index contributed by atoms with van der Waals surface area (Å²) >= 11 is 16.9. The van der Waals surface area contributed by atoms with Crippen molar-refractivity contribution in [1.82, 2.24) is 0 Å². The maximum absolute atomic E-state index is 4.66. The molecule has 0 aliphatic rings. The summed E-state index contributed by atoms with van der Waals surface area (Å²) in [5.41, 5.74) is 9.31. The van der Waals surface area contributed by atoms with Crippen molar-refractivity contribution in [3.63, 3.8) is 0 Å². The van der Waals surface area contributed by atoms with Crippen LogP contribution in [-0.4, -0.2) is 8.64 Å². The molecule has 0 aromatic rings. The summed E-state index contributed by atoms with van der Waals surface area (Å²) in [5.74, 6) is 0. The fourth-order valence-corrected chi connectivity index (χ4v) is 5.29. The van der Waals surface area contributed by atoms with E-state index in [9.17, 15) is 0 Å². The Morgan fingerprint density at radius 3 is 1.00 bits per heavy atom. The first kappa shape index (κ1) is 34.5. The van der Waals surface area contributed by atoms with Crippen LogP contribution in [0.4, 0.5) is 0 Å². The molecular formula is C22H46MoN2S4. The number of hydrogen-bond acceptors (Lipinski definition) is 4. The maximum Gasteiger partial charge on any atom is -0.0708 e.